The van der Waals surface area contributed by atoms with E-state index >= 15 is 0 Å². The molecule has 0 radical (unpaired) electrons. The Morgan fingerprint density at radius 2 is 1.89 bits per heavy atom. The molecule has 1 aromatic carbocycles. The first kappa shape index (κ1) is 19.9. The van der Waals surface area contributed by atoms with Crippen LogP contribution in [0.2, 0.25) is 0 Å². The molecule has 0 atom stereocenters. The van der Waals surface area contributed by atoms with Crippen LogP contribution in [0.5, 0.6) is 5.75 Å². The zero-order valence-corrected chi connectivity index (χ0v) is 17.3. The summed E-state index contributed by atoms with van der Waals surface area (Å²) in [4.78, 5) is 9.59. The van der Waals surface area contributed by atoms with Crippen LogP contribution in [0.4, 0.5) is 5.69 Å². The minimum atomic E-state index is 0.889. The van der Waals surface area contributed by atoms with Gasteiger partial charge in [-0.15, -0.1) is 0 Å². The summed E-state index contributed by atoms with van der Waals surface area (Å²) in [5, 5.41) is 1.20. The molecule has 148 valence electrons. The number of methoxy groups -OCH3 is 1. The molecule has 1 aromatic heterocycles. The number of unbranched alkanes of at least 4 members (excludes halogenated alkanes) is 1. The van der Waals surface area contributed by atoms with Gasteiger partial charge in [0.25, 0.3) is 0 Å². The summed E-state index contributed by atoms with van der Waals surface area (Å²) in [5.41, 5.74) is 2.35. The van der Waals surface area contributed by atoms with Crippen molar-refractivity contribution in [2.45, 2.75) is 46.0 Å². The van der Waals surface area contributed by atoms with Crippen LogP contribution in [0, 0.1) is 5.92 Å². The summed E-state index contributed by atoms with van der Waals surface area (Å²) in [6.07, 6.45) is 8.65. The van der Waals surface area contributed by atoms with Gasteiger partial charge in [-0.1, -0.05) is 26.7 Å². The van der Waals surface area contributed by atoms with Crippen molar-refractivity contribution in [3.05, 3.63) is 30.5 Å². The van der Waals surface area contributed by atoms with Crippen LogP contribution < -0.4 is 9.64 Å². The second-order valence-corrected chi connectivity index (χ2v) is 7.67. The molecule has 1 aliphatic heterocycles. The number of piperidine rings is 1. The minimum Gasteiger partial charge on any atom is -0.497 e. The van der Waals surface area contributed by atoms with E-state index in [1.54, 1.807) is 7.11 Å². The number of hydrogen-bond donors (Lipinski definition) is 0. The molecule has 4 nitrogen and oxygen atoms in total. The maximum absolute atomic E-state index is 5.42. The van der Waals surface area contributed by atoms with Gasteiger partial charge in [0, 0.05) is 30.4 Å². The molecule has 1 saturated heterocycles. The number of aromatic nitrogens is 1. The van der Waals surface area contributed by atoms with E-state index in [0.717, 1.165) is 30.3 Å². The van der Waals surface area contributed by atoms with E-state index in [1.807, 2.05) is 12.3 Å². The molecule has 0 aliphatic carbocycles. The van der Waals surface area contributed by atoms with E-state index in [9.17, 15) is 0 Å². The standard InChI is InChI=1S/C23H35N3O/c1-4-25(5-2)15-7-6-8-19-12-16-26(17-13-19)23-11-14-24-22-10-9-20(27-3)18-21(22)23/h9-11,14,18-19H,4-8,12-13,15-17H2,1-3H3. The minimum absolute atomic E-state index is 0.889. The molecule has 0 spiro atoms. The lowest BCUT2D eigenvalue weighted by Gasteiger charge is -2.34. The predicted molar refractivity (Wildman–Crippen MR) is 115 cm³/mol. The Morgan fingerprint density at radius 3 is 2.59 bits per heavy atom. The first-order valence-corrected chi connectivity index (χ1v) is 10.6. The monoisotopic (exact) mass is 369 g/mol. The summed E-state index contributed by atoms with van der Waals surface area (Å²) in [6.45, 7) is 10.4. The summed E-state index contributed by atoms with van der Waals surface area (Å²) in [6, 6.07) is 8.33. The molecule has 0 saturated carbocycles. The number of pyridine rings is 1. The number of hydrogen-bond acceptors (Lipinski definition) is 4. The van der Waals surface area contributed by atoms with Crippen LogP contribution in [-0.4, -0.2) is 49.7 Å². The van der Waals surface area contributed by atoms with Gasteiger partial charge in [-0.05, 0) is 69.1 Å². The smallest absolute Gasteiger partial charge is 0.119 e. The molecule has 2 aromatic rings. The quantitative estimate of drug-likeness (QED) is 0.583. The summed E-state index contributed by atoms with van der Waals surface area (Å²) < 4.78 is 5.42. The molecule has 0 unspecified atom stereocenters. The molecule has 0 bridgehead atoms. The average Bonchev–Trinajstić information content (AvgIpc) is 2.73. The van der Waals surface area contributed by atoms with E-state index in [1.165, 1.54) is 62.8 Å². The summed E-state index contributed by atoms with van der Waals surface area (Å²) in [7, 11) is 1.73. The Balaban J connectivity index is 1.53. The summed E-state index contributed by atoms with van der Waals surface area (Å²) in [5.74, 6) is 1.79. The van der Waals surface area contributed by atoms with Crippen LogP contribution in [0.3, 0.4) is 0 Å². The Kier molecular flexibility index (Phi) is 7.33. The van der Waals surface area contributed by atoms with E-state index in [-0.39, 0.29) is 0 Å². The SMILES string of the molecule is CCN(CC)CCCCC1CCN(c2ccnc3ccc(OC)cc23)CC1. The van der Waals surface area contributed by atoms with Gasteiger partial charge in [-0.3, -0.25) is 4.98 Å². The van der Waals surface area contributed by atoms with Gasteiger partial charge >= 0.3 is 0 Å². The Labute approximate surface area is 164 Å². The van der Waals surface area contributed by atoms with Crippen molar-refractivity contribution < 1.29 is 4.74 Å². The predicted octanol–water partition coefficient (Wildman–Crippen LogP) is 4.97. The Morgan fingerprint density at radius 1 is 1.11 bits per heavy atom. The Hall–Kier alpha value is -1.81. The van der Waals surface area contributed by atoms with E-state index in [0.29, 0.717) is 0 Å². The highest BCUT2D eigenvalue weighted by Crippen LogP contribution is 2.32. The largest absolute Gasteiger partial charge is 0.497 e. The van der Waals surface area contributed by atoms with Gasteiger partial charge in [-0.2, -0.15) is 0 Å². The average molecular weight is 370 g/mol. The molecular weight excluding hydrogens is 334 g/mol. The number of fused-ring (bicyclic) bond motifs is 1. The maximum Gasteiger partial charge on any atom is 0.119 e. The third kappa shape index (κ3) is 5.13. The molecule has 1 aliphatic rings. The molecule has 4 heteroatoms. The van der Waals surface area contributed by atoms with Gasteiger partial charge in [0.05, 0.1) is 12.6 Å². The van der Waals surface area contributed by atoms with E-state index in [4.69, 9.17) is 4.74 Å². The van der Waals surface area contributed by atoms with E-state index < -0.39 is 0 Å². The fourth-order valence-electron chi connectivity index (χ4n) is 4.28. The first-order chi connectivity index (χ1) is 13.2. The van der Waals surface area contributed by atoms with Gasteiger partial charge in [0.2, 0.25) is 0 Å². The molecule has 27 heavy (non-hydrogen) atoms. The van der Waals surface area contributed by atoms with Gasteiger partial charge in [0.15, 0.2) is 0 Å². The van der Waals surface area contributed by atoms with Crippen LogP contribution in [-0.2, 0) is 0 Å². The molecule has 0 amide bonds. The topological polar surface area (TPSA) is 28.6 Å². The second kappa shape index (κ2) is 9.93. The van der Waals surface area contributed by atoms with Crippen molar-refractivity contribution in [2.75, 3.05) is 44.7 Å². The van der Waals surface area contributed by atoms with Gasteiger partial charge < -0.3 is 14.5 Å². The van der Waals surface area contributed by atoms with Crippen molar-refractivity contribution in [1.82, 2.24) is 9.88 Å². The van der Waals surface area contributed by atoms with Crippen LogP contribution in [0.15, 0.2) is 30.5 Å². The number of anilines is 1. The number of ether oxygens (including phenoxy) is 1. The highest BCUT2D eigenvalue weighted by Gasteiger charge is 2.20. The molecule has 0 N–H and O–H groups in total. The van der Waals surface area contributed by atoms with Crippen molar-refractivity contribution in [2.24, 2.45) is 5.92 Å². The van der Waals surface area contributed by atoms with Crippen LogP contribution >= 0.6 is 0 Å². The van der Waals surface area contributed by atoms with Gasteiger partial charge in [0.1, 0.15) is 5.75 Å². The highest BCUT2D eigenvalue weighted by molar-refractivity contribution is 5.92. The lowest BCUT2D eigenvalue weighted by Crippen LogP contribution is -2.33. The first-order valence-electron chi connectivity index (χ1n) is 10.6. The third-order valence-corrected chi connectivity index (χ3v) is 6.11. The highest BCUT2D eigenvalue weighted by atomic mass is 16.5. The number of benzene rings is 1. The van der Waals surface area contributed by atoms with Crippen LogP contribution in [0.25, 0.3) is 10.9 Å². The third-order valence-electron chi connectivity index (χ3n) is 6.11. The fourth-order valence-corrected chi connectivity index (χ4v) is 4.28. The lowest BCUT2D eigenvalue weighted by molar-refractivity contribution is 0.286. The normalized spacial score (nSPS) is 15.6. The van der Waals surface area contributed by atoms with Gasteiger partial charge in [-0.25, -0.2) is 0 Å². The van der Waals surface area contributed by atoms with Crippen LogP contribution in [0.1, 0.15) is 46.0 Å². The maximum atomic E-state index is 5.42. The second-order valence-electron chi connectivity index (χ2n) is 7.67. The van der Waals surface area contributed by atoms with E-state index in [2.05, 4.69) is 46.8 Å². The number of nitrogens with zero attached hydrogens (tertiary/aromatic N) is 3. The fraction of sp³-hybridized carbons (Fsp3) is 0.609. The van der Waals surface area contributed by atoms with Crippen molar-refractivity contribution >= 4 is 16.6 Å². The summed E-state index contributed by atoms with van der Waals surface area (Å²) >= 11 is 0. The van der Waals surface area contributed by atoms with Crippen molar-refractivity contribution in [3.8, 4) is 5.75 Å². The van der Waals surface area contributed by atoms with Crippen molar-refractivity contribution in [3.63, 3.8) is 0 Å². The zero-order valence-electron chi connectivity index (χ0n) is 17.3. The zero-order chi connectivity index (χ0) is 19.1. The molecule has 3 rings (SSSR count). The molecular formula is C23H35N3O. The van der Waals surface area contributed by atoms with Crippen molar-refractivity contribution in [1.29, 1.82) is 0 Å². The lowest BCUT2D eigenvalue weighted by atomic mass is 9.91. The molecule has 1 fully saturated rings. The number of rotatable bonds is 9. The Bertz CT molecular complexity index is 706. The molecule has 2 heterocycles.